The largest absolute Gasteiger partial charge is 0.370 e. The van der Waals surface area contributed by atoms with Gasteiger partial charge in [0.05, 0.1) is 10.9 Å². The molecule has 1 aromatic carbocycles. The summed E-state index contributed by atoms with van der Waals surface area (Å²) in [4.78, 5) is 17.5. The summed E-state index contributed by atoms with van der Waals surface area (Å²) in [7, 11) is 3.43. The lowest BCUT2D eigenvalue weighted by Crippen LogP contribution is -2.29. The average Bonchev–Trinajstić information content (AvgIpc) is 3.23. The molecule has 120 valence electrons. The first-order valence-electron chi connectivity index (χ1n) is 7.22. The molecule has 0 saturated heterocycles. The van der Waals surface area contributed by atoms with Crippen LogP contribution in [0.5, 0.6) is 0 Å². The zero-order valence-corrected chi connectivity index (χ0v) is 14.2. The van der Waals surface area contributed by atoms with Gasteiger partial charge in [0.25, 0.3) is 5.56 Å². The molecule has 1 fully saturated rings. The second kappa shape index (κ2) is 5.65. The lowest BCUT2D eigenvalue weighted by molar-refractivity contribution is 0.0678. The van der Waals surface area contributed by atoms with E-state index in [4.69, 9.17) is 15.5 Å². The first-order chi connectivity index (χ1) is 9.89. The van der Waals surface area contributed by atoms with E-state index in [0.717, 1.165) is 24.0 Å². The van der Waals surface area contributed by atoms with Gasteiger partial charge >= 0.3 is 0 Å². The Morgan fingerprint density at radius 3 is 2.55 bits per heavy atom. The standard InChI is InChI=1S/C16H21N3O2.ClH/c1-9-7-11(10(2)17)13-12(8-9)14(20)19(3)15(18-13)16(21-4)5-6-16;/h7-8,10H,5-6,17H2,1-4H3;1H. The molecule has 0 aliphatic heterocycles. The smallest absolute Gasteiger partial charge is 0.261 e. The minimum absolute atomic E-state index is 0. The van der Waals surface area contributed by atoms with Gasteiger partial charge in [0.2, 0.25) is 0 Å². The highest BCUT2D eigenvalue weighted by Crippen LogP contribution is 2.47. The van der Waals surface area contributed by atoms with E-state index in [1.807, 2.05) is 26.0 Å². The topological polar surface area (TPSA) is 70.1 Å². The number of ether oxygens (including phenoxy) is 1. The Morgan fingerprint density at radius 1 is 1.41 bits per heavy atom. The normalized spacial score (nSPS) is 17.1. The number of rotatable bonds is 3. The molecule has 0 spiro atoms. The molecule has 1 heterocycles. The minimum Gasteiger partial charge on any atom is -0.370 e. The van der Waals surface area contributed by atoms with Crippen LogP contribution in [0.15, 0.2) is 16.9 Å². The Kier molecular flexibility index (Phi) is 4.35. The average molecular weight is 324 g/mol. The highest BCUT2D eigenvalue weighted by atomic mass is 35.5. The Labute approximate surface area is 135 Å². The van der Waals surface area contributed by atoms with E-state index in [9.17, 15) is 4.79 Å². The van der Waals surface area contributed by atoms with Crippen molar-refractivity contribution >= 4 is 23.3 Å². The minimum atomic E-state index is -0.401. The second-order valence-corrected chi connectivity index (χ2v) is 6.04. The van der Waals surface area contributed by atoms with E-state index >= 15 is 0 Å². The van der Waals surface area contributed by atoms with E-state index < -0.39 is 5.60 Å². The number of hydrogen-bond donors (Lipinski definition) is 1. The van der Waals surface area contributed by atoms with Crippen LogP contribution < -0.4 is 11.3 Å². The number of fused-ring (bicyclic) bond motifs is 1. The highest BCUT2D eigenvalue weighted by Gasteiger charge is 2.48. The summed E-state index contributed by atoms with van der Waals surface area (Å²) in [5.74, 6) is 0.702. The molecule has 22 heavy (non-hydrogen) atoms. The van der Waals surface area contributed by atoms with Crippen molar-refractivity contribution < 1.29 is 4.74 Å². The second-order valence-electron chi connectivity index (χ2n) is 6.04. The predicted octanol–water partition coefficient (Wildman–Crippen LogP) is 2.32. The molecule has 2 aromatic rings. The van der Waals surface area contributed by atoms with E-state index in [1.54, 1.807) is 18.7 Å². The van der Waals surface area contributed by atoms with Gasteiger partial charge in [-0.1, -0.05) is 6.07 Å². The lowest BCUT2D eigenvalue weighted by atomic mass is 10.0. The zero-order valence-electron chi connectivity index (χ0n) is 13.3. The number of methoxy groups -OCH3 is 1. The summed E-state index contributed by atoms with van der Waals surface area (Å²) >= 11 is 0. The Balaban J connectivity index is 0.00000176. The molecule has 0 amide bonds. The van der Waals surface area contributed by atoms with E-state index in [2.05, 4.69) is 0 Å². The number of aryl methyl sites for hydroxylation is 1. The molecule has 0 bridgehead atoms. The third-order valence-corrected chi connectivity index (χ3v) is 4.35. The number of nitrogens with two attached hydrogens (primary N) is 1. The van der Waals surface area contributed by atoms with Crippen molar-refractivity contribution in [3.05, 3.63) is 39.4 Å². The molecular formula is C16H22ClN3O2. The molecule has 0 radical (unpaired) electrons. The third-order valence-electron chi connectivity index (χ3n) is 4.35. The Morgan fingerprint density at radius 2 is 2.05 bits per heavy atom. The fourth-order valence-corrected chi connectivity index (χ4v) is 2.94. The monoisotopic (exact) mass is 323 g/mol. The molecule has 1 aliphatic rings. The molecule has 5 nitrogen and oxygen atoms in total. The quantitative estimate of drug-likeness (QED) is 0.941. The van der Waals surface area contributed by atoms with Crippen LogP contribution >= 0.6 is 12.4 Å². The summed E-state index contributed by atoms with van der Waals surface area (Å²) in [5.41, 5.74) is 8.27. The van der Waals surface area contributed by atoms with Crippen molar-refractivity contribution in [2.75, 3.05) is 7.11 Å². The molecule has 1 unspecified atom stereocenters. The molecule has 1 aromatic heterocycles. The van der Waals surface area contributed by atoms with Gasteiger partial charge in [0.15, 0.2) is 0 Å². The summed E-state index contributed by atoms with van der Waals surface area (Å²) in [6, 6.07) is 3.72. The summed E-state index contributed by atoms with van der Waals surface area (Å²) in [5, 5.41) is 0.625. The molecule has 6 heteroatoms. The van der Waals surface area contributed by atoms with Gasteiger partial charge in [0.1, 0.15) is 11.4 Å². The fourth-order valence-electron chi connectivity index (χ4n) is 2.94. The van der Waals surface area contributed by atoms with Gasteiger partial charge in [-0.15, -0.1) is 12.4 Å². The molecular weight excluding hydrogens is 302 g/mol. The van der Waals surface area contributed by atoms with Gasteiger partial charge in [-0.3, -0.25) is 9.36 Å². The van der Waals surface area contributed by atoms with Crippen LogP contribution in [-0.2, 0) is 17.4 Å². The van der Waals surface area contributed by atoms with Crippen LogP contribution in [0.2, 0.25) is 0 Å². The van der Waals surface area contributed by atoms with Crippen molar-refractivity contribution in [2.24, 2.45) is 12.8 Å². The molecule has 2 N–H and O–H groups in total. The highest BCUT2D eigenvalue weighted by molar-refractivity contribution is 5.85. The maximum Gasteiger partial charge on any atom is 0.261 e. The van der Waals surface area contributed by atoms with Crippen LogP contribution in [0, 0.1) is 6.92 Å². The van der Waals surface area contributed by atoms with E-state index in [0.29, 0.717) is 16.7 Å². The van der Waals surface area contributed by atoms with Crippen molar-refractivity contribution in [3.8, 4) is 0 Å². The number of benzene rings is 1. The number of nitrogens with zero attached hydrogens (tertiary/aromatic N) is 2. The first-order valence-corrected chi connectivity index (χ1v) is 7.22. The first kappa shape index (κ1) is 16.9. The van der Waals surface area contributed by atoms with E-state index in [-0.39, 0.29) is 24.0 Å². The maximum atomic E-state index is 12.7. The lowest BCUT2D eigenvalue weighted by Gasteiger charge is -2.19. The van der Waals surface area contributed by atoms with E-state index in [1.165, 1.54) is 0 Å². The van der Waals surface area contributed by atoms with Crippen molar-refractivity contribution in [1.29, 1.82) is 0 Å². The Bertz CT molecular complexity index is 779. The molecule has 1 saturated carbocycles. The van der Waals surface area contributed by atoms with Gasteiger partial charge in [-0.05, 0) is 43.9 Å². The maximum absolute atomic E-state index is 12.7. The van der Waals surface area contributed by atoms with Gasteiger partial charge in [0, 0.05) is 20.2 Å². The zero-order chi connectivity index (χ0) is 15.4. The van der Waals surface area contributed by atoms with Crippen molar-refractivity contribution in [1.82, 2.24) is 9.55 Å². The summed E-state index contributed by atoms with van der Waals surface area (Å²) in [6.07, 6.45) is 1.79. The van der Waals surface area contributed by atoms with Gasteiger partial charge in [-0.25, -0.2) is 4.98 Å². The SMILES string of the molecule is COC1(c2nc3c(C(C)N)cc(C)cc3c(=O)n2C)CC1.Cl. The van der Waals surface area contributed by atoms with Crippen LogP contribution in [0.3, 0.4) is 0 Å². The number of halogens is 1. The van der Waals surface area contributed by atoms with Crippen LogP contribution in [-0.4, -0.2) is 16.7 Å². The van der Waals surface area contributed by atoms with Crippen LogP contribution in [0.25, 0.3) is 10.9 Å². The van der Waals surface area contributed by atoms with Gasteiger partial charge in [-0.2, -0.15) is 0 Å². The molecule has 1 aliphatic carbocycles. The molecule has 3 rings (SSSR count). The van der Waals surface area contributed by atoms with Crippen molar-refractivity contribution in [3.63, 3.8) is 0 Å². The summed E-state index contributed by atoms with van der Waals surface area (Å²) < 4.78 is 7.20. The van der Waals surface area contributed by atoms with Crippen molar-refractivity contribution in [2.45, 2.75) is 38.3 Å². The predicted molar refractivity (Wildman–Crippen MR) is 89.5 cm³/mol. The number of hydrogen-bond acceptors (Lipinski definition) is 4. The summed E-state index contributed by atoms with van der Waals surface area (Å²) in [6.45, 7) is 3.88. The van der Waals surface area contributed by atoms with Gasteiger partial charge < -0.3 is 10.5 Å². The van der Waals surface area contributed by atoms with Crippen LogP contribution in [0.1, 0.15) is 42.8 Å². The fraction of sp³-hybridized carbons (Fsp3) is 0.500. The van der Waals surface area contributed by atoms with Crippen LogP contribution in [0.4, 0.5) is 0 Å². The third kappa shape index (κ3) is 2.43. The molecule has 1 atom stereocenters. The number of aromatic nitrogens is 2. The Hall–Kier alpha value is -1.43.